The van der Waals surface area contributed by atoms with E-state index < -0.39 is 0 Å². The second-order valence-electron chi connectivity index (χ2n) is 6.01. The summed E-state index contributed by atoms with van der Waals surface area (Å²) in [6.45, 7) is 5.11. The maximum atomic E-state index is 11.8. The van der Waals surface area contributed by atoms with E-state index in [1.807, 2.05) is 0 Å². The third-order valence-corrected chi connectivity index (χ3v) is 4.27. The van der Waals surface area contributed by atoms with E-state index in [0.717, 1.165) is 32.5 Å². The Labute approximate surface area is 128 Å². The van der Waals surface area contributed by atoms with Crippen molar-refractivity contribution in [1.82, 2.24) is 10.2 Å². The van der Waals surface area contributed by atoms with E-state index in [1.54, 1.807) is 0 Å². The lowest BCUT2D eigenvalue weighted by atomic mass is 10.1. The molecule has 1 aromatic rings. The molecule has 0 saturated carbocycles. The van der Waals surface area contributed by atoms with Crippen LogP contribution in [0.5, 0.6) is 0 Å². The highest BCUT2D eigenvalue weighted by atomic mass is 16.1. The molecule has 1 aliphatic heterocycles. The standard InChI is InChI=1S/C18H28N2O/c1-2-3-5-12-18(21)19-14-17-11-8-13-20(17)15-16-9-6-4-7-10-16/h4,6-7,9-10,17H,2-3,5,8,11-15H2,1H3,(H,19,21)/t17-/m1/s1. The zero-order chi connectivity index (χ0) is 14.9. The van der Waals surface area contributed by atoms with E-state index in [4.69, 9.17) is 0 Å². The number of hydrogen-bond acceptors (Lipinski definition) is 2. The number of carbonyl (C=O) groups is 1. The van der Waals surface area contributed by atoms with Gasteiger partial charge in [-0.2, -0.15) is 0 Å². The molecule has 1 amide bonds. The highest BCUT2D eigenvalue weighted by molar-refractivity contribution is 5.75. The van der Waals surface area contributed by atoms with Crippen LogP contribution in [-0.2, 0) is 11.3 Å². The van der Waals surface area contributed by atoms with Crippen molar-refractivity contribution in [2.24, 2.45) is 0 Å². The molecule has 0 aliphatic carbocycles. The minimum absolute atomic E-state index is 0.218. The molecule has 0 aromatic heterocycles. The van der Waals surface area contributed by atoms with Crippen LogP contribution in [0.4, 0.5) is 0 Å². The summed E-state index contributed by atoms with van der Waals surface area (Å²) in [7, 11) is 0. The summed E-state index contributed by atoms with van der Waals surface area (Å²) in [6.07, 6.45) is 6.45. The summed E-state index contributed by atoms with van der Waals surface area (Å²) in [4.78, 5) is 14.3. The maximum Gasteiger partial charge on any atom is 0.220 e. The fourth-order valence-electron chi connectivity index (χ4n) is 3.01. The van der Waals surface area contributed by atoms with E-state index in [1.165, 1.54) is 24.8 Å². The highest BCUT2D eigenvalue weighted by Gasteiger charge is 2.24. The van der Waals surface area contributed by atoms with Gasteiger partial charge in [0.2, 0.25) is 5.91 Å². The van der Waals surface area contributed by atoms with Crippen LogP contribution >= 0.6 is 0 Å². The molecular formula is C18H28N2O. The second kappa shape index (κ2) is 8.83. The van der Waals surface area contributed by atoms with Crippen LogP contribution in [0.3, 0.4) is 0 Å². The average Bonchev–Trinajstić information content (AvgIpc) is 2.94. The quantitative estimate of drug-likeness (QED) is 0.744. The minimum atomic E-state index is 0.218. The number of benzene rings is 1. The molecule has 1 aromatic carbocycles. The Kier molecular flexibility index (Phi) is 6.74. The van der Waals surface area contributed by atoms with Gasteiger partial charge in [0.15, 0.2) is 0 Å². The first-order valence-corrected chi connectivity index (χ1v) is 8.34. The number of nitrogens with zero attached hydrogens (tertiary/aromatic N) is 1. The molecule has 3 nitrogen and oxygen atoms in total. The molecule has 0 spiro atoms. The predicted molar refractivity (Wildman–Crippen MR) is 87.0 cm³/mol. The Morgan fingerprint density at radius 1 is 1.29 bits per heavy atom. The molecule has 0 unspecified atom stereocenters. The molecule has 1 atom stereocenters. The van der Waals surface area contributed by atoms with Crippen LogP contribution in [-0.4, -0.2) is 29.9 Å². The van der Waals surface area contributed by atoms with Crippen LogP contribution in [0.2, 0.25) is 0 Å². The number of nitrogens with one attached hydrogen (secondary N) is 1. The van der Waals surface area contributed by atoms with Gasteiger partial charge in [-0.1, -0.05) is 50.1 Å². The minimum Gasteiger partial charge on any atom is -0.355 e. The smallest absolute Gasteiger partial charge is 0.220 e. The number of likely N-dealkylation sites (tertiary alicyclic amines) is 1. The van der Waals surface area contributed by atoms with Crippen molar-refractivity contribution in [3.8, 4) is 0 Å². The van der Waals surface area contributed by atoms with Gasteiger partial charge < -0.3 is 5.32 Å². The van der Waals surface area contributed by atoms with Gasteiger partial charge in [0.05, 0.1) is 0 Å². The van der Waals surface area contributed by atoms with Gasteiger partial charge in [0, 0.05) is 25.6 Å². The zero-order valence-electron chi connectivity index (χ0n) is 13.2. The maximum absolute atomic E-state index is 11.8. The molecule has 1 saturated heterocycles. The summed E-state index contributed by atoms with van der Waals surface area (Å²) >= 11 is 0. The Morgan fingerprint density at radius 2 is 2.10 bits per heavy atom. The topological polar surface area (TPSA) is 32.3 Å². The van der Waals surface area contributed by atoms with Crippen LogP contribution < -0.4 is 5.32 Å². The lowest BCUT2D eigenvalue weighted by Gasteiger charge is -2.24. The summed E-state index contributed by atoms with van der Waals surface area (Å²) in [6, 6.07) is 11.1. The summed E-state index contributed by atoms with van der Waals surface area (Å²) in [5.74, 6) is 0.218. The van der Waals surface area contributed by atoms with Gasteiger partial charge >= 0.3 is 0 Å². The first-order chi connectivity index (χ1) is 10.3. The van der Waals surface area contributed by atoms with Crippen molar-refractivity contribution in [1.29, 1.82) is 0 Å². The number of hydrogen-bond donors (Lipinski definition) is 1. The first-order valence-electron chi connectivity index (χ1n) is 8.34. The van der Waals surface area contributed by atoms with E-state index >= 15 is 0 Å². The Bertz CT molecular complexity index is 418. The molecule has 1 heterocycles. The molecule has 3 heteroatoms. The average molecular weight is 288 g/mol. The van der Waals surface area contributed by atoms with E-state index in [2.05, 4.69) is 47.5 Å². The SMILES string of the molecule is CCCCCC(=O)NC[C@H]1CCCN1Cc1ccccc1. The largest absolute Gasteiger partial charge is 0.355 e. The number of rotatable bonds is 8. The summed E-state index contributed by atoms with van der Waals surface area (Å²) in [5.41, 5.74) is 1.36. The lowest BCUT2D eigenvalue weighted by molar-refractivity contribution is -0.121. The Morgan fingerprint density at radius 3 is 2.86 bits per heavy atom. The molecule has 2 rings (SSSR count). The van der Waals surface area contributed by atoms with Crippen LogP contribution in [0.1, 0.15) is 51.0 Å². The Hall–Kier alpha value is -1.35. The molecular weight excluding hydrogens is 260 g/mol. The predicted octanol–water partition coefficient (Wildman–Crippen LogP) is 3.35. The van der Waals surface area contributed by atoms with E-state index in [-0.39, 0.29) is 5.91 Å². The van der Waals surface area contributed by atoms with Gasteiger partial charge in [-0.3, -0.25) is 9.69 Å². The van der Waals surface area contributed by atoms with Crippen LogP contribution in [0, 0.1) is 0 Å². The zero-order valence-corrected chi connectivity index (χ0v) is 13.2. The van der Waals surface area contributed by atoms with Crippen molar-refractivity contribution in [3.05, 3.63) is 35.9 Å². The van der Waals surface area contributed by atoms with Crippen molar-refractivity contribution >= 4 is 5.91 Å². The first kappa shape index (κ1) is 16.0. The summed E-state index contributed by atoms with van der Waals surface area (Å²) < 4.78 is 0. The third kappa shape index (κ3) is 5.50. The highest BCUT2D eigenvalue weighted by Crippen LogP contribution is 2.19. The van der Waals surface area contributed by atoms with Gasteiger partial charge in [-0.05, 0) is 31.4 Å². The van der Waals surface area contributed by atoms with Crippen LogP contribution in [0.15, 0.2) is 30.3 Å². The molecule has 116 valence electrons. The normalized spacial score (nSPS) is 18.8. The molecule has 0 radical (unpaired) electrons. The van der Waals surface area contributed by atoms with Gasteiger partial charge in [0.1, 0.15) is 0 Å². The molecule has 1 N–H and O–H groups in total. The number of unbranched alkanes of at least 4 members (excludes halogenated alkanes) is 2. The van der Waals surface area contributed by atoms with E-state index in [0.29, 0.717) is 12.5 Å². The number of carbonyl (C=O) groups excluding carboxylic acids is 1. The summed E-state index contributed by atoms with van der Waals surface area (Å²) in [5, 5.41) is 3.12. The molecule has 1 aliphatic rings. The fraction of sp³-hybridized carbons (Fsp3) is 0.611. The van der Waals surface area contributed by atoms with Gasteiger partial charge in [-0.25, -0.2) is 0 Å². The van der Waals surface area contributed by atoms with E-state index in [9.17, 15) is 4.79 Å². The molecule has 21 heavy (non-hydrogen) atoms. The van der Waals surface area contributed by atoms with Crippen LogP contribution in [0.25, 0.3) is 0 Å². The Balaban J connectivity index is 1.73. The van der Waals surface area contributed by atoms with Crippen molar-refractivity contribution < 1.29 is 4.79 Å². The lowest BCUT2D eigenvalue weighted by Crippen LogP contribution is -2.39. The fourth-order valence-corrected chi connectivity index (χ4v) is 3.01. The van der Waals surface area contributed by atoms with Gasteiger partial charge in [-0.15, -0.1) is 0 Å². The molecule has 0 bridgehead atoms. The number of amides is 1. The second-order valence-corrected chi connectivity index (χ2v) is 6.01. The third-order valence-electron chi connectivity index (χ3n) is 4.27. The van der Waals surface area contributed by atoms with Crippen molar-refractivity contribution in [2.45, 2.75) is 58.0 Å². The van der Waals surface area contributed by atoms with Crippen molar-refractivity contribution in [3.63, 3.8) is 0 Å². The van der Waals surface area contributed by atoms with Gasteiger partial charge in [0.25, 0.3) is 0 Å². The monoisotopic (exact) mass is 288 g/mol. The molecule has 1 fully saturated rings. The van der Waals surface area contributed by atoms with Crippen molar-refractivity contribution in [2.75, 3.05) is 13.1 Å².